The van der Waals surface area contributed by atoms with E-state index in [4.69, 9.17) is 22.1 Å². The first-order valence-electron chi connectivity index (χ1n) is 13.3. The number of nitrogen functional groups attached to an aromatic ring is 1. The van der Waals surface area contributed by atoms with Gasteiger partial charge in [0.15, 0.2) is 0 Å². The monoisotopic (exact) mass is 580 g/mol. The molecule has 0 spiro atoms. The zero-order chi connectivity index (χ0) is 28.8. The van der Waals surface area contributed by atoms with Crippen LogP contribution in [0.2, 0.25) is 5.02 Å². The highest BCUT2D eigenvalue weighted by molar-refractivity contribution is 7.82. The standard InChI is InChI=1S/C28H41ClN4O5S/c1-4-17-33(39(37)24-15-13-21(30)14-16-24)23(19-34)11-8-10-22(5-2)31-27(35)26(32-28(36)38-3)18-20-9-6-7-12-25(20)29/h6-7,9,12-16,22-23,26,34H,4-5,8,10-11,17-19,30H2,1-3H3,(H,31,35)(H,32,36)/t22?,23?,26-,39?/m0/s1. The van der Waals surface area contributed by atoms with E-state index in [2.05, 4.69) is 10.6 Å². The Hall–Kier alpha value is -2.66. The van der Waals surface area contributed by atoms with Gasteiger partial charge in [-0.15, -0.1) is 0 Å². The summed E-state index contributed by atoms with van der Waals surface area (Å²) in [7, 11) is -0.189. The number of ether oxygens (including phenoxy) is 1. The Labute approximate surface area is 239 Å². The number of carbonyl (C=O) groups excluding carboxylic acids is 2. The summed E-state index contributed by atoms with van der Waals surface area (Å²) in [6.07, 6.45) is 2.94. The van der Waals surface area contributed by atoms with Crippen molar-refractivity contribution in [3.8, 4) is 0 Å². The molecule has 2 aromatic rings. The summed E-state index contributed by atoms with van der Waals surface area (Å²) < 4.78 is 19.8. The van der Waals surface area contributed by atoms with Gasteiger partial charge in [-0.05, 0) is 68.0 Å². The fourth-order valence-electron chi connectivity index (χ4n) is 4.24. The van der Waals surface area contributed by atoms with Gasteiger partial charge in [-0.25, -0.2) is 13.3 Å². The number of hydrogen-bond acceptors (Lipinski definition) is 6. The van der Waals surface area contributed by atoms with Gasteiger partial charge in [-0.2, -0.15) is 0 Å². The second-order valence-corrected chi connectivity index (χ2v) is 11.2. The summed E-state index contributed by atoms with van der Waals surface area (Å²) in [5, 5.41) is 16.3. The average molecular weight is 581 g/mol. The first kappa shape index (κ1) is 32.6. The number of methoxy groups -OCH3 is 1. The molecular formula is C28H41ClN4O5S. The maximum atomic E-state index is 13.3. The van der Waals surface area contributed by atoms with Crippen LogP contribution in [0.15, 0.2) is 53.4 Å². The Bertz CT molecular complexity index is 1070. The van der Waals surface area contributed by atoms with Gasteiger partial charge in [0, 0.05) is 35.8 Å². The van der Waals surface area contributed by atoms with Gasteiger partial charge in [0.25, 0.3) is 0 Å². The number of anilines is 1. The Morgan fingerprint density at radius 2 is 1.79 bits per heavy atom. The number of aliphatic hydroxyl groups excluding tert-OH is 1. The van der Waals surface area contributed by atoms with Gasteiger partial charge in [-0.1, -0.05) is 43.6 Å². The summed E-state index contributed by atoms with van der Waals surface area (Å²) >= 11 is 6.28. The van der Waals surface area contributed by atoms with Crippen molar-refractivity contribution >= 4 is 40.3 Å². The van der Waals surface area contributed by atoms with E-state index in [1.807, 2.05) is 30.3 Å². The highest BCUT2D eigenvalue weighted by Crippen LogP contribution is 2.20. The second-order valence-electron chi connectivity index (χ2n) is 9.32. The largest absolute Gasteiger partial charge is 0.453 e. The fraction of sp³-hybridized carbons (Fsp3) is 0.500. The number of rotatable bonds is 16. The molecule has 0 heterocycles. The molecule has 0 aliphatic carbocycles. The van der Waals surface area contributed by atoms with Crippen LogP contribution < -0.4 is 16.4 Å². The molecule has 0 bridgehead atoms. The first-order chi connectivity index (χ1) is 18.7. The lowest BCUT2D eigenvalue weighted by Gasteiger charge is -2.29. The summed E-state index contributed by atoms with van der Waals surface area (Å²) in [6.45, 7) is 4.42. The van der Waals surface area contributed by atoms with E-state index in [-0.39, 0.29) is 31.0 Å². The van der Waals surface area contributed by atoms with E-state index in [0.717, 1.165) is 12.0 Å². The highest BCUT2D eigenvalue weighted by atomic mass is 35.5. The van der Waals surface area contributed by atoms with Crippen molar-refractivity contribution < 1.29 is 23.6 Å². The number of carbonyl (C=O) groups is 2. The summed E-state index contributed by atoms with van der Waals surface area (Å²) in [6, 6.07) is 12.8. The van der Waals surface area contributed by atoms with Crippen LogP contribution in [0.1, 0.15) is 51.5 Å². The van der Waals surface area contributed by atoms with Crippen LogP contribution in [-0.2, 0) is 26.9 Å². The molecule has 2 aromatic carbocycles. The molecule has 0 saturated heterocycles. The van der Waals surface area contributed by atoms with Crippen LogP contribution in [0.3, 0.4) is 0 Å². The lowest BCUT2D eigenvalue weighted by molar-refractivity contribution is -0.123. The van der Waals surface area contributed by atoms with Crippen molar-refractivity contribution in [2.45, 2.75) is 75.4 Å². The van der Waals surface area contributed by atoms with Gasteiger partial charge >= 0.3 is 6.09 Å². The van der Waals surface area contributed by atoms with E-state index in [1.165, 1.54) is 7.11 Å². The van der Waals surface area contributed by atoms with E-state index in [1.54, 1.807) is 36.4 Å². The zero-order valence-corrected chi connectivity index (χ0v) is 24.5. The first-order valence-corrected chi connectivity index (χ1v) is 14.8. The van der Waals surface area contributed by atoms with Crippen LogP contribution in [0, 0.1) is 0 Å². The Morgan fingerprint density at radius 3 is 2.38 bits per heavy atom. The molecule has 0 radical (unpaired) electrons. The van der Waals surface area contributed by atoms with E-state index in [9.17, 15) is 18.9 Å². The lowest BCUT2D eigenvalue weighted by Crippen LogP contribution is -2.50. The average Bonchev–Trinajstić information content (AvgIpc) is 2.94. The van der Waals surface area contributed by atoms with Gasteiger partial charge < -0.3 is 26.2 Å². The maximum absolute atomic E-state index is 13.3. The van der Waals surface area contributed by atoms with Crippen molar-refractivity contribution in [1.29, 1.82) is 0 Å². The maximum Gasteiger partial charge on any atom is 0.407 e. The molecule has 0 aliphatic rings. The van der Waals surface area contributed by atoms with Gasteiger partial charge in [-0.3, -0.25) is 4.79 Å². The third-order valence-electron chi connectivity index (χ3n) is 6.46. The van der Waals surface area contributed by atoms with Gasteiger partial charge in [0.05, 0.1) is 18.6 Å². The smallest absolute Gasteiger partial charge is 0.407 e. The normalized spacial score (nSPS) is 14.3. The van der Waals surface area contributed by atoms with Crippen LogP contribution >= 0.6 is 11.6 Å². The molecule has 4 atom stereocenters. The van der Waals surface area contributed by atoms with Crippen LogP contribution in [-0.4, -0.2) is 64.0 Å². The Kier molecular flexibility index (Phi) is 14.3. The van der Waals surface area contributed by atoms with Gasteiger partial charge in [0.1, 0.15) is 17.0 Å². The molecule has 216 valence electrons. The second kappa shape index (κ2) is 17.1. The third kappa shape index (κ3) is 10.4. The number of nitrogens with zero attached hydrogens (tertiary/aromatic N) is 1. The lowest BCUT2D eigenvalue weighted by atomic mass is 10.0. The number of aliphatic hydroxyl groups is 1. The fourth-order valence-corrected chi connectivity index (χ4v) is 5.89. The van der Waals surface area contributed by atoms with Crippen molar-refractivity contribution in [3.63, 3.8) is 0 Å². The molecule has 11 heteroatoms. The number of nitrogens with two attached hydrogens (primary N) is 1. The number of benzene rings is 2. The molecule has 5 N–H and O–H groups in total. The van der Waals surface area contributed by atoms with E-state index in [0.29, 0.717) is 47.8 Å². The van der Waals surface area contributed by atoms with Crippen molar-refractivity contribution in [3.05, 3.63) is 59.1 Å². The minimum atomic E-state index is -1.43. The zero-order valence-electron chi connectivity index (χ0n) is 22.9. The minimum Gasteiger partial charge on any atom is -0.453 e. The molecular weight excluding hydrogens is 540 g/mol. The molecule has 2 amide bonds. The Morgan fingerprint density at radius 1 is 1.10 bits per heavy atom. The molecule has 9 nitrogen and oxygen atoms in total. The Balaban J connectivity index is 2.02. The van der Waals surface area contributed by atoms with Crippen LogP contribution in [0.25, 0.3) is 0 Å². The number of amides is 2. The van der Waals surface area contributed by atoms with Crippen LogP contribution in [0.4, 0.5) is 10.5 Å². The molecule has 3 unspecified atom stereocenters. The molecule has 0 fully saturated rings. The SMILES string of the molecule is CCCN(C(CO)CCCC(CC)NC(=O)[C@H](Cc1ccccc1Cl)NC(=O)OC)S(=O)c1ccc(N)cc1. The van der Waals surface area contributed by atoms with Crippen molar-refractivity contribution in [1.82, 2.24) is 14.9 Å². The summed E-state index contributed by atoms with van der Waals surface area (Å²) in [5.74, 6) is -0.331. The minimum absolute atomic E-state index is 0.132. The molecule has 0 saturated carbocycles. The quantitative estimate of drug-likeness (QED) is 0.221. The highest BCUT2D eigenvalue weighted by Gasteiger charge is 2.26. The van der Waals surface area contributed by atoms with E-state index < -0.39 is 23.1 Å². The van der Waals surface area contributed by atoms with Crippen molar-refractivity contribution in [2.75, 3.05) is 26.0 Å². The summed E-state index contributed by atoms with van der Waals surface area (Å²) in [4.78, 5) is 25.7. The van der Waals surface area contributed by atoms with Gasteiger partial charge in [0.2, 0.25) is 5.91 Å². The number of hydrogen-bond donors (Lipinski definition) is 4. The predicted octanol–water partition coefficient (Wildman–Crippen LogP) is 4.05. The molecule has 0 aromatic heterocycles. The van der Waals surface area contributed by atoms with Crippen LogP contribution in [0.5, 0.6) is 0 Å². The number of halogens is 1. The number of nitrogens with one attached hydrogen (secondary N) is 2. The third-order valence-corrected chi connectivity index (χ3v) is 8.41. The van der Waals surface area contributed by atoms with E-state index >= 15 is 0 Å². The number of alkyl carbamates (subject to hydrolysis) is 1. The summed E-state index contributed by atoms with van der Waals surface area (Å²) in [5.41, 5.74) is 7.10. The molecule has 2 rings (SSSR count). The molecule has 39 heavy (non-hydrogen) atoms. The topological polar surface area (TPSA) is 134 Å². The predicted molar refractivity (Wildman–Crippen MR) is 156 cm³/mol. The van der Waals surface area contributed by atoms with Crippen molar-refractivity contribution in [2.24, 2.45) is 0 Å². The molecule has 0 aliphatic heterocycles.